The summed E-state index contributed by atoms with van der Waals surface area (Å²) < 4.78 is 7.57. The summed E-state index contributed by atoms with van der Waals surface area (Å²) in [5.74, 6) is 0. The Kier molecular flexibility index (Phi) is 3.44. The summed E-state index contributed by atoms with van der Waals surface area (Å²) in [6.07, 6.45) is 0.211. The number of ether oxygens (including phenoxy) is 1. The minimum Gasteiger partial charge on any atom is -0.394 e. The molecule has 4 N–H and O–H groups in total. The lowest BCUT2D eigenvalue weighted by atomic mass is 9.97. The highest BCUT2D eigenvalue weighted by Crippen LogP contribution is 2.38. The minimum atomic E-state index is -1.60. The largest absolute Gasteiger partial charge is 0.394 e. The Hall–Kier alpha value is -1.91. The van der Waals surface area contributed by atoms with Gasteiger partial charge in [0, 0.05) is 22.4 Å². The number of nitrogens with one attached hydrogen (secondary N) is 1. The van der Waals surface area contributed by atoms with Gasteiger partial charge in [0.2, 0.25) is 0 Å². The van der Waals surface area contributed by atoms with Crippen molar-refractivity contribution in [2.45, 2.75) is 31.0 Å². The van der Waals surface area contributed by atoms with Crippen molar-refractivity contribution in [2.75, 3.05) is 6.61 Å². The van der Waals surface area contributed by atoms with E-state index in [9.17, 15) is 15.3 Å². The van der Waals surface area contributed by atoms with Gasteiger partial charge in [-0.2, -0.15) is 10.2 Å². The van der Waals surface area contributed by atoms with E-state index in [0.29, 0.717) is 10.2 Å². The lowest BCUT2D eigenvalue weighted by Gasteiger charge is -2.27. The van der Waals surface area contributed by atoms with Gasteiger partial charge in [0.05, 0.1) is 12.8 Å². The second-order valence-electron chi connectivity index (χ2n) is 6.15. The number of rotatable bonds is 2. The van der Waals surface area contributed by atoms with Crippen LogP contribution in [0.1, 0.15) is 13.2 Å². The second kappa shape index (κ2) is 5.30. The molecule has 24 heavy (non-hydrogen) atoms. The third kappa shape index (κ3) is 2.10. The molecule has 1 fully saturated rings. The first-order valence-corrected chi connectivity index (χ1v) is 7.86. The number of H-pyrrole nitrogens is 1. The fourth-order valence-electron chi connectivity index (χ4n) is 3.22. The van der Waals surface area contributed by atoms with Crippen LogP contribution in [0.3, 0.4) is 0 Å². The lowest BCUT2D eigenvalue weighted by Crippen LogP contribution is -2.44. The summed E-state index contributed by atoms with van der Waals surface area (Å²) in [7, 11) is 0. The van der Waals surface area contributed by atoms with E-state index in [1.807, 2.05) is 12.1 Å². The van der Waals surface area contributed by atoms with Crippen LogP contribution >= 0.6 is 12.2 Å². The van der Waals surface area contributed by atoms with Gasteiger partial charge in [-0.15, -0.1) is 0 Å². The van der Waals surface area contributed by atoms with Crippen molar-refractivity contribution in [2.24, 2.45) is 0 Å². The fraction of sp³-hybridized carbons (Fsp3) is 0.400. The van der Waals surface area contributed by atoms with Gasteiger partial charge >= 0.3 is 0 Å². The van der Waals surface area contributed by atoms with E-state index in [1.165, 1.54) is 11.6 Å². The van der Waals surface area contributed by atoms with Crippen molar-refractivity contribution in [3.8, 4) is 0 Å². The molecule has 1 aromatic carbocycles. The van der Waals surface area contributed by atoms with Crippen LogP contribution in [-0.4, -0.2) is 59.7 Å². The van der Waals surface area contributed by atoms with Crippen molar-refractivity contribution in [1.82, 2.24) is 20.0 Å². The van der Waals surface area contributed by atoms with Gasteiger partial charge in [-0.25, -0.2) is 4.68 Å². The normalized spacial score (nSPS) is 30.4. The van der Waals surface area contributed by atoms with E-state index in [1.54, 1.807) is 12.4 Å². The highest BCUT2D eigenvalue weighted by molar-refractivity contribution is 7.71. The van der Waals surface area contributed by atoms with Crippen LogP contribution in [0.2, 0.25) is 0 Å². The summed E-state index contributed by atoms with van der Waals surface area (Å²) in [6.45, 7) is 1.06. The molecule has 9 heteroatoms. The van der Waals surface area contributed by atoms with E-state index >= 15 is 0 Å². The SMILES string of the molecule is C[C@@]1(O)[C@H](O)[C@@H](CO)O[C@H]1n1cc2ccc3c(=S)[nH]ncc(n1)c23. The Bertz CT molecular complexity index is 982. The Labute approximate surface area is 141 Å². The molecule has 4 rings (SSSR count). The molecule has 0 amide bonds. The molecular weight excluding hydrogens is 332 g/mol. The first kappa shape index (κ1) is 15.6. The molecule has 0 aliphatic carbocycles. The van der Waals surface area contributed by atoms with Crippen LogP contribution in [0.5, 0.6) is 0 Å². The number of aromatic nitrogens is 4. The zero-order chi connectivity index (χ0) is 17.1. The van der Waals surface area contributed by atoms with Gasteiger partial charge in [-0.05, 0) is 6.92 Å². The number of aliphatic hydroxyl groups excluding tert-OH is 2. The summed E-state index contributed by atoms with van der Waals surface area (Å²) in [5, 5.41) is 43.9. The molecule has 0 radical (unpaired) electrons. The topological polar surface area (TPSA) is 116 Å². The Morgan fingerprint density at radius 2 is 2.25 bits per heavy atom. The maximum absolute atomic E-state index is 10.6. The zero-order valence-corrected chi connectivity index (χ0v) is 13.6. The Balaban J connectivity index is 1.93. The predicted molar refractivity (Wildman–Crippen MR) is 87.8 cm³/mol. The van der Waals surface area contributed by atoms with Gasteiger partial charge in [0.1, 0.15) is 28.0 Å². The maximum atomic E-state index is 10.6. The number of nitrogens with zero attached hydrogens (tertiary/aromatic N) is 3. The molecule has 1 aliphatic heterocycles. The molecule has 2 aromatic heterocycles. The molecule has 3 aromatic rings. The highest BCUT2D eigenvalue weighted by atomic mass is 32.1. The van der Waals surface area contributed by atoms with Gasteiger partial charge in [0.15, 0.2) is 6.23 Å². The zero-order valence-electron chi connectivity index (χ0n) is 12.7. The minimum absolute atomic E-state index is 0.399. The van der Waals surface area contributed by atoms with Crippen molar-refractivity contribution in [3.05, 3.63) is 29.2 Å². The van der Waals surface area contributed by atoms with E-state index in [0.717, 1.165) is 16.2 Å². The summed E-state index contributed by atoms with van der Waals surface area (Å²) in [4.78, 5) is 0. The maximum Gasteiger partial charge on any atom is 0.181 e. The molecule has 0 saturated carbocycles. The average Bonchev–Trinajstić information content (AvgIpc) is 3.01. The molecule has 4 atom stereocenters. The van der Waals surface area contributed by atoms with Crippen LogP contribution in [-0.2, 0) is 4.74 Å². The number of hydrogen-bond acceptors (Lipinski definition) is 7. The highest BCUT2D eigenvalue weighted by Gasteiger charge is 2.53. The van der Waals surface area contributed by atoms with Gasteiger partial charge in [-0.1, -0.05) is 24.4 Å². The van der Waals surface area contributed by atoms with E-state index in [4.69, 9.17) is 17.0 Å². The molecule has 8 nitrogen and oxygen atoms in total. The smallest absolute Gasteiger partial charge is 0.181 e. The molecule has 0 unspecified atom stereocenters. The second-order valence-corrected chi connectivity index (χ2v) is 6.56. The van der Waals surface area contributed by atoms with Gasteiger partial charge in [0.25, 0.3) is 0 Å². The van der Waals surface area contributed by atoms with Crippen LogP contribution < -0.4 is 0 Å². The Morgan fingerprint density at radius 3 is 2.96 bits per heavy atom. The molecule has 0 bridgehead atoms. The first-order chi connectivity index (χ1) is 11.4. The lowest BCUT2D eigenvalue weighted by molar-refractivity contribution is -0.102. The fourth-order valence-corrected chi connectivity index (χ4v) is 3.44. The predicted octanol–water partition coefficient (Wildman–Crippen LogP) is 0.644. The van der Waals surface area contributed by atoms with Gasteiger partial charge < -0.3 is 20.1 Å². The van der Waals surface area contributed by atoms with E-state index in [2.05, 4.69) is 15.3 Å². The monoisotopic (exact) mass is 348 g/mol. The third-order valence-corrected chi connectivity index (χ3v) is 4.82. The van der Waals surface area contributed by atoms with Crippen LogP contribution in [0.4, 0.5) is 0 Å². The van der Waals surface area contributed by atoms with Crippen molar-refractivity contribution < 1.29 is 20.1 Å². The third-order valence-electron chi connectivity index (χ3n) is 4.51. The molecule has 1 aliphatic rings. The Morgan fingerprint density at radius 1 is 1.46 bits per heavy atom. The van der Waals surface area contributed by atoms with E-state index in [-0.39, 0.29) is 0 Å². The van der Waals surface area contributed by atoms with Crippen LogP contribution in [0.15, 0.2) is 24.5 Å². The van der Waals surface area contributed by atoms with Crippen molar-refractivity contribution in [1.29, 1.82) is 0 Å². The summed E-state index contributed by atoms with van der Waals surface area (Å²) in [5.41, 5.74) is -1.03. The van der Waals surface area contributed by atoms with E-state index < -0.39 is 30.6 Å². The van der Waals surface area contributed by atoms with Crippen molar-refractivity contribution in [3.63, 3.8) is 0 Å². The molecular formula is C15H16N4O4S. The molecule has 0 spiro atoms. The van der Waals surface area contributed by atoms with Crippen molar-refractivity contribution >= 4 is 33.9 Å². The standard InChI is InChI=1S/C15H16N4O4S/c1-15(22)12(21)10(6-20)23-14(15)19-5-7-2-3-8-11(7)9(18-19)4-16-17-13(8)24/h2-5,10,12,14,20-22H,6H2,1H3,(H,17,24)/t10-,12-,14-,15-/m1/s1. The average molecular weight is 348 g/mol. The van der Waals surface area contributed by atoms with Crippen LogP contribution in [0, 0.1) is 4.64 Å². The quantitative estimate of drug-likeness (QED) is 0.502. The summed E-state index contributed by atoms with van der Waals surface area (Å²) >= 11 is 5.27. The van der Waals surface area contributed by atoms with Gasteiger partial charge in [-0.3, -0.25) is 5.10 Å². The molecule has 1 saturated heterocycles. The number of hydrogen-bond donors (Lipinski definition) is 4. The van der Waals surface area contributed by atoms with Crippen LogP contribution in [0.25, 0.3) is 21.7 Å². The first-order valence-electron chi connectivity index (χ1n) is 7.45. The molecule has 3 heterocycles. The summed E-state index contributed by atoms with van der Waals surface area (Å²) in [6, 6.07) is 3.77. The molecule has 126 valence electrons. The number of aromatic amines is 1. The number of aliphatic hydroxyl groups is 3.